The number of hydrogen-bond acceptors (Lipinski definition) is 4. The zero-order valence-corrected chi connectivity index (χ0v) is 11.9. The van der Waals surface area contributed by atoms with Crippen molar-refractivity contribution in [3.05, 3.63) is 47.6 Å². The minimum Gasteiger partial charge on any atom is -0.308 e. The fourth-order valence-electron chi connectivity index (χ4n) is 2.72. The number of benzene rings is 1. The van der Waals surface area contributed by atoms with E-state index in [1.54, 1.807) is 11.3 Å². The molecule has 1 aliphatic rings. The first-order valence-corrected chi connectivity index (χ1v) is 7.78. The molecule has 0 bridgehead atoms. The Morgan fingerprint density at radius 1 is 1.15 bits per heavy atom. The Labute approximate surface area is 121 Å². The van der Waals surface area contributed by atoms with Gasteiger partial charge < -0.3 is 5.32 Å². The summed E-state index contributed by atoms with van der Waals surface area (Å²) in [5.41, 5.74) is 3.16. The Morgan fingerprint density at radius 3 is 2.85 bits per heavy atom. The first-order valence-electron chi connectivity index (χ1n) is 6.96. The van der Waals surface area contributed by atoms with Crippen LogP contribution in [-0.2, 0) is 0 Å². The molecule has 1 saturated heterocycles. The summed E-state index contributed by atoms with van der Waals surface area (Å²) in [5, 5.41) is 4.72. The lowest BCUT2D eigenvalue weighted by atomic mass is 10.1. The predicted molar refractivity (Wildman–Crippen MR) is 82.8 cm³/mol. The Bertz CT molecular complexity index is 730. The van der Waals surface area contributed by atoms with Crippen LogP contribution in [0.25, 0.3) is 21.5 Å². The second-order valence-corrected chi connectivity index (χ2v) is 6.14. The zero-order chi connectivity index (χ0) is 13.4. The first-order chi connectivity index (χ1) is 9.92. The van der Waals surface area contributed by atoms with Crippen LogP contribution in [-0.4, -0.2) is 16.5 Å². The molecule has 1 fully saturated rings. The highest BCUT2D eigenvalue weighted by molar-refractivity contribution is 7.18. The summed E-state index contributed by atoms with van der Waals surface area (Å²) in [4.78, 5) is 9.41. The van der Waals surface area contributed by atoms with Crippen LogP contribution in [0, 0.1) is 0 Å². The molecule has 100 valence electrons. The van der Waals surface area contributed by atoms with Gasteiger partial charge in [0.2, 0.25) is 0 Å². The van der Waals surface area contributed by atoms with Gasteiger partial charge in [0.05, 0.1) is 16.4 Å². The molecular formula is C16H15N3S. The highest BCUT2D eigenvalue weighted by atomic mass is 32.1. The largest absolute Gasteiger partial charge is 0.308 e. The second kappa shape index (κ2) is 4.96. The fourth-order valence-corrected chi connectivity index (χ4v) is 3.80. The smallest absolute Gasteiger partial charge is 0.111 e. The molecule has 1 N–H and O–H groups in total. The molecule has 1 aliphatic heterocycles. The van der Waals surface area contributed by atoms with E-state index in [1.807, 2.05) is 24.4 Å². The van der Waals surface area contributed by atoms with Crippen molar-refractivity contribution >= 4 is 21.6 Å². The van der Waals surface area contributed by atoms with Crippen LogP contribution in [0.15, 0.2) is 42.6 Å². The first kappa shape index (κ1) is 12.0. The fraction of sp³-hybridized carbons (Fsp3) is 0.250. The molecule has 20 heavy (non-hydrogen) atoms. The molecular weight excluding hydrogens is 266 g/mol. The number of nitrogens with one attached hydrogen (secondary N) is 1. The summed E-state index contributed by atoms with van der Waals surface area (Å²) in [6.07, 6.45) is 4.31. The van der Waals surface area contributed by atoms with Crippen molar-refractivity contribution in [3.63, 3.8) is 0 Å². The van der Waals surface area contributed by atoms with Gasteiger partial charge in [-0.2, -0.15) is 0 Å². The standard InChI is InChI=1S/C16H15N3S/c1-2-5-11(6-3-1)14-15-13(8-10-18-14)20-16(19-15)12-7-4-9-17-12/h1-3,5-6,8,10,12,17H,4,7,9H2/t12-/m0/s1. The second-order valence-electron chi connectivity index (χ2n) is 5.07. The molecule has 0 radical (unpaired) electrons. The van der Waals surface area contributed by atoms with E-state index in [1.165, 1.54) is 22.5 Å². The Balaban J connectivity index is 1.85. The van der Waals surface area contributed by atoms with Gasteiger partial charge in [-0.25, -0.2) is 4.98 Å². The monoisotopic (exact) mass is 281 g/mol. The summed E-state index contributed by atoms with van der Waals surface area (Å²) in [5.74, 6) is 0. The molecule has 0 saturated carbocycles. The number of nitrogens with zero attached hydrogens (tertiary/aromatic N) is 2. The topological polar surface area (TPSA) is 37.8 Å². The van der Waals surface area contributed by atoms with Gasteiger partial charge in [-0.05, 0) is 25.5 Å². The van der Waals surface area contributed by atoms with Gasteiger partial charge in [0.25, 0.3) is 0 Å². The van der Waals surface area contributed by atoms with Crippen LogP contribution >= 0.6 is 11.3 Å². The van der Waals surface area contributed by atoms with Crippen LogP contribution < -0.4 is 5.32 Å². The lowest BCUT2D eigenvalue weighted by molar-refractivity contribution is 0.644. The van der Waals surface area contributed by atoms with Crippen molar-refractivity contribution in [2.45, 2.75) is 18.9 Å². The number of pyridine rings is 1. The van der Waals surface area contributed by atoms with E-state index in [0.29, 0.717) is 6.04 Å². The van der Waals surface area contributed by atoms with Gasteiger partial charge in [0.15, 0.2) is 0 Å². The van der Waals surface area contributed by atoms with Gasteiger partial charge in [-0.15, -0.1) is 11.3 Å². The van der Waals surface area contributed by atoms with Crippen molar-refractivity contribution in [1.82, 2.24) is 15.3 Å². The maximum Gasteiger partial charge on any atom is 0.111 e. The summed E-state index contributed by atoms with van der Waals surface area (Å²) in [7, 11) is 0. The predicted octanol–water partition coefficient (Wildman–Crippen LogP) is 3.78. The van der Waals surface area contributed by atoms with Gasteiger partial charge in [-0.3, -0.25) is 4.98 Å². The Kier molecular flexibility index (Phi) is 2.98. The van der Waals surface area contributed by atoms with E-state index in [-0.39, 0.29) is 0 Å². The molecule has 2 aromatic heterocycles. The molecule has 1 aromatic carbocycles. The summed E-state index contributed by atoms with van der Waals surface area (Å²) in [6.45, 7) is 1.10. The minimum absolute atomic E-state index is 0.427. The number of thiazole rings is 1. The van der Waals surface area contributed by atoms with Gasteiger partial charge in [-0.1, -0.05) is 30.3 Å². The zero-order valence-electron chi connectivity index (χ0n) is 11.0. The third-order valence-electron chi connectivity index (χ3n) is 3.73. The van der Waals surface area contributed by atoms with Crippen molar-refractivity contribution in [1.29, 1.82) is 0 Å². The van der Waals surface area contributed by atoms with Crippen molar-refractivity contribution in [2.75, 3.05) is 6.54 Å². The van der Waals surface area contributed by atoms with Gasteiger partial charge in [0, 0.05) is 11.8 Å². The van der Waals surface area contributed by atoms with E-state index < -0.39 is 0 Å². The average molecular weight is 281 g/mol. The summed E-state index contributed by atoms with van der Waals surface area (Å²) < 4.78 is 1.22. The third kappa shape index (κ3) is 2.01. The van der Waals surface area contributed by atoms with Crippen LogP contribution in [0.2, 0.25) is 0 Å². The van der Waals surface area contributed by atoms with E-state index in [2.05, 4.69) is 28.5 Å². The number of aromatic nitrogens is 2. The molecule has 0 aliphatic carbocycles. The SMILES string of the molecule is c1ccc(-c2nccc3sc([C@@H]4CCCN4)nc23)cc1. The molecule has 4 rings (SSSR count). The third-order valence-corrected chi connectivity index (χ3v) is 4.86. The van der Waals surface area contributed by atoms with Crippen LogP contribution in [0.1, 0.15) is 23.9 Å². The highest BCUT2D eigenvalue weighted by Gasteiger charge is 2.21. The molecule has 0 amide bonds. The van der Waals surface area contributed by atoms with Crippen LogP contribution in [0.5, 0.6) is 0 Å². The normalized spacial score (nSPS) is 18.7. The van der Waals surface area contributed by atoms with Crippen molar-refractivity contribution in [3.8, 4) is 11.3 Å². The van der Waals surface area contributed by atoms with Crippen LogP contribution in [0.4, 0.5) is 0 Å². The number of hydrogen-bond donors (Lipinski definition) is 1. The van der Waals surface area contributed by atoms with Crippen molar-refractivity contribution in [2.24, 2.45) is 0 Å². The van der Waals surface area contributed by atoms with Gasteiger partial charge >= 0.3 is 0 Å². The lowest BCUT2D eigenvalue weighted by Crippen LogP contribution is -2.12. The molecule has 3 aromatic rings. The minimum atomic E-state index is 0.427. The lowest BCUT2D eigenvalue weighted by Gasteiger charge is -2.04. The average Bonchev–Trinajstić information content (AvgIpc) is 3.16. The van der Waals surface area contributed by atoms with Gasteiger partial charge in [0.1, 0.15) is 10.5 Å². The van der Waals surface area contributed by atoms with E-state index >= 15 is 0 Å². The summed E-state index contributed by atoms with van der Waals surface area (Å²) >= 11 is 1.79. The number of rotatable bonds is 2. The van der Waals surface area contributed by atoms with Crippen LogP contribution in [0.3, 0.4) is 0 Å². The van der Waals surface area contributed by atoms with E-state index in [4.69, 9.17) is 4.98 Å². The summed E-state index contributed by atoms with van der Waals surface area (Å²) in [6, 6.07) is 12.8. The Morgan fingerprint density at radius 2 is 2.05 bits per heavy atom. The molecule has 3 heterocycles. The Hall–Kier alpha value is -1.78. The maximum absolute atomic E-state index is 4.86. The molecule has 1 atom stereocenters. The molecule has 0 unspecified atom stereocenters. The quantitative estimate of drug-likeness (QED) is 0.776. The van der Waals surface area contributed by atoms with E-state index in [0.717, 1.165) is 23.3 Å². The maximum atomic E-state index is 4.86. The highest BCUT2D eigenvalue weighted by Crippen LogP contribution is 2.34. The molecule has 3 nitrogen and oxygen atoms in total. The number of fused-ring (bicyclic) bond motifs is 1. The molecule has 4 heteroatoms. The van der Waals surface area contributed by atoms with Crippen molar-refractivity contribution < 1.29 is 0 Å². The molecule has 0 spiro atoms. The van der Waals surface area contributed by atoms with E-state index in [9.17, 15) is 0 Å².